The number of carboxylic acid groups (broad SMARTS) is 1. The first kappa shape index (κ1) is 17.0. The molecule has 0 bridgehead atoms. The molecule has 0 fully saturated rings. The van der Waals surface area contributed by atoms with Gasteiger partial charge in [0.2, 0.25) is 5.91 Å². The lowest BCUT2D eigenvalue weighted by Crippen LogP contribution is -2.41. The highest BCUT2D eigenvalue weighted by Gasteiger charge is 2.18. The van der Waals surface area contributed by atoms with Crippen molar-refractivity contribution in [3.05, 3.63) is 29.3 Å². The van der Waals surface area contributed by atoms with E-state index in [-0.39, 0.29) is 18.9 Å². The average Bonchev–Trinajstić information content (AvgIpc) is 2.36. The van der Waals surface area contributed by atoms with Gasteiger partial charge in [-0.3, -0.25) is 4.79 Å². The predicted octanol–water partition coefficient (Wildman–Crippen LogP) is 2.44. The summed E-state index contributed by atoms with van der Waals surface area (Å²) < 4.78 is 5.53. The monoisotopic (exact) mass is 293 g/mol. The zero-order chi connectivity index (χ0) is 15.8. The number of carboxylic acids is 1. The van der Waals surface area contributed by atoms with Crippen molar-refractivity contribution in [3.63, 3.8) is 0 Å². The Balaban J connectivity index is 2.40. The molecule has 0 aliphatic carbocycles. The molecule has 0 radical (unpaired) electrons. The minimum atomic E-state index is -1.000. The number of aliphatic carboxylic acids is 1. The van der Waals surface area contributed by atoms with Crippen molar-refractivity contribution in [1.82, 2.24) is 5.32 Å². The Morgan fingerprint density at radius 3 is 2.38 bits per heavy atom. The molecule has 0 heterocycles. The summed E-state index contributed by atoms with van der Waals surface area (Å²) in [6.07, 6.45) is 1.27. The first-order valence-electron chi connectivity index (χ1n) is 7.15. The molecule has 1 atom stereocenters. The standard InChI is InChI=1S/C16H23NO4/c1-4-5-14(16(19)20)17-15(18)6-7-21-13-9-11(2)8-12(3)10-13/h8-10,14H,4-7H2,1-3H3,(H,17,18)(H,19,20). The van der Waals surface area contributed by atoms with Crippen molar-refractivity contribution in [1.29, 1.82) is 0 Å². The summed E-state index contributed by atoms with van der Waals surface area (Å²) >= 11 is 0. The SMILES string of the molecule is CCCC(NC(=O)CCOc1cc(C)cc(C)c1)C(=O)O. The predicted molar refractivity (Wildman–Crippen MR) is 80.5 cm³/mol. The highest BCUT2D eigenvalue weighted by Crippen LogP contribution is 2.16. The summed E-state index contributed by atoms with van der Waals surface area (Å²) in [4.78, 5) is 22.7. The molecule has 1 aromatic rings. The van der Waals surface area contributed by atoms with Crippen molar-refractivity contribution in [2.45, 2.75) is 46.1 Å². The van der Waals surface area contributed by atoms with Crippen molar-refractivity contribution in [2.75, 3.05) is 6.61 Å². The van der Waals surface area contributed by atoms with Crippen molar-refractivity contribution in [2.24, 2.45) is 0 Å². The fraction of sp³-hybridized carbons (Fsp3) is 0.500. The summed E-state index contributed by atoms with van der Waals surface area (Å²) in [5, 5.41) is 11.5. The minimum absolute atomic E-state index is 0.139. The lowest BCUT2D eigenvalue weighted by atomic mass is 10.1. The van der Waals surface area contributed by atoms with Gasteiger partial charge in [-0.15, -0.1) is 0 Å². The number of rotatable bonds is 8. The number of amides is 1. The number of benzene rings is 1. The van der Waals surface area contributed by atoms with Gasteiger partial charge in [-0.1, -0.05) is 19.4 Å². The maximum absolute atomic E-state index is 11.7. The third-order valence-electron chi connectivity index (χ3n) is 3.00. The van der Waals surface area contributed by atoms with Gasteiger partial charge in [0.25, 0.3) is 0 Å². The van der Waals surface area contributed by atoms with E-state index >= 15 is 0 Å². The van der Waals surface area contributed by atoms with Crippen LogP contribution in [0.4, 0.5) is 0 Å². The Kier molecular flexibility index (Phi) is 6.72. The lowest BCUT2D eigenvalue weighted by Gasteiger charge is -2.14. The summed E-state index contributed by atoms with van der Waals surface area (Å²) in [6.45, 7) is 6.07. The first-order chi connectivity index (χ1) is 9.92. The van der Waals surface area contributed by atoms with Gasteiger partial charge in [-0.05, 0) is 43.5 Å². The van der Waals surface area contributed by atoms with Crippen LogP contribution in [0, 0.1) is 13.8 Å². The largest absolute Gasteiger partial charge is 0.493 e. The third-order valence-corrected chi connectivity index (χ3v) is 3.00. The van der Waals surface area contributed by atoms with E-state index in [1.54, 1.807) is 0 Å². The van der Waals surface area contributed by atoms with E-state index < -0.39 is 12.0 Å². The van der Waals surface area contributed by atoms with Crippen molar-refractivity contribution in [3.8, 4) is 5.75 Å². The molecule has 2 N–H and O–H groups in total. The second kappa shape index (κ2) is 8.29. The molecule has 1 amide bonds. The fourth-order valence-corrected chi connectivity index (χ4v) is 2.09. The summed E-state index contributed by atoms with van der Waals surface area (Å²) in [6, 6.07) is 5.04. The second-order valence-electron chi connectivity index (χ2n) is 5.17. The number of hydrogen-bond acceptors (Lipinski definition) is 3. The van der Waals surface area contributed by atoms with Gasteiger partial charge in [-0.2, -0.15) is 0 Å². The molecule has 5 nitrogen and oxygen atoms in total. The fourth-order valence-electron chi connectivity index (χ4n) is 2.09. The molecule has 0 spiro atoms. The van der Waals surface area contributed by atoms with Crippen LogP contribution in [0.1, 0.15) is 37.3 Å². The zero-order valence-electron chi connectivity index (χ0n) is 12.8. The van der Waals surface area contributed by atoms with Gasteiger partial charge in [0.1, 0.15) is 11.8 Å². The maximum Gasteiger partial charge on any atom is 0.326 e. The van der Waals surface area contributed by atoms with E-state index in [2.05, 4.69) is 5.32 Å². The van der Waals surface area contributed by atoms with Crippen LogP contribution in [0.3, 0.4) is 0 Å². The van der Waals surface area contributed by atoms with E-state index in [1.165, 1.54) is 0 Å². The van der Waals surface area contributed by atoms with Crippen LogP contribution in [-0.2, 0) is 9.59 Å². The van der Waals surface area contributed by atoms with Gasteiger partial charge < -0.3 is 15.2 Å². The molecule has 0 saturated heterocycles. The molecule has 0 saturated carbocycles. The van der Waals surface area contributed by atoms with Gasteiger partial charge in [0.15, 0.2) is 0 Å². The highest BCUT2D eigenvalue weighted by molar-refractivity contribution is 5.83. The van der Waals surface area contributed by atoms with Gasteiger partial charge in [0.05, 0.1) is 13.0 Å². The Labute approximate surface area is 125 Å². The van der Waals surface area contributed by atoms with Crippen LogP contribution in [-0.4, -0.2) is 29.6 Å². The molecule has 21 heavy (non-hydrogen) atoms. The second-order valence-corrected chi connectivity index (χ2v) is 5.17. The Morgan fingerprint density at radius 2 is 1.86 bits per heavy atom. The number of carbonyl (C=O) groups is 2. The smallest absolute Gasteiger partial charge is 0.326 e. The molecule has 116 valence electrons. The van der Waals surface area contributed by atoms with Gasteiger partial charge in [-0.25, -0.2) is 4.79 Å². The van der Waals surface area contributed by atoms with Crippen LogP contribution >= 0.6 is 0 Å². The van der Waals surface area contributed by atoms with E-state index in [0.29, 0.717) is 12.8 Å². The Hall–Kier alpha value is -2.04. The molecule has 5 heteroatoms. The highest BCUT2D eigenvalue weighted by atomic mass is 16.5. The molecular weight excluding hydrogens is 270 g/mol. The molecule has 1 rings (SSSR count). The summed E-state index contributed by atoms with van der Waals surface area (Å²) in [7, 11) is 0. The molecule has 0 aromatic heterocycles. The Morgan fingerprint density at radius 1 is 1.24 bits per heavy atom. The minimum Gasteiger partial charge on any atom is -0.493 e. The van der Waals surface area contributed by atoms with E-state index in [4.69, 9.17) is 9.84 Å². The van der Waals surface area contributed by atoms with Gasteiger partial charge in [0, 0.05) is 0 Å². The van der Waals surface area contributed by atoms with Crippen LogP contribution in [0.5, 0.6) is 5.75 Å². The summed E-state index contributed by atoms with van der Waals surface area (Å²) in [5.74, 6) is -0.579. The lowest BCUT2D eigenvalue weighted by molar-refractivity contribution is -0.142. The number of carbonyl (C=O) groups excluding carboxylic acids is 1. The molecule has 1 unspecified atom stereocenters. The topological polar surface area (TPSA) is 75.6 Å². The molecule has 0 aliphatic rings. The maximum atomic E-state index is 11.7. The zero-order valence-corrected chi connectivity index (χ0v) is 12.8. The van der Waals surface area contributed by atoms with Crippen molar-refractivity contribution < 1.29 is 19.4 Å². The number of hydrogen-bond donors (Lipinski definition) is 2. The van der Waals surface area contributed by atoms with Crippen LogP contribution in [0.25, 0.3) is 0 Å². The third kappa shape index (κ3) is 6.29. The molecule has 1 aromatic carbocycles. The van der Waals surface area contributed by atoms with E-state index in [1.807, 2.05) is 39.0 Å². The Bertz CT molecular complexity index is 479. The van der Waals surface area contributed by atoms with Crippen LogP contribution in [0.2, 0.25) is 0 Å². The van der Waals surface area contributed by atoms with E-state index in [9.17, 15) is 9.59 Å². The first-order valence-corrected chi connectivity index (χ1v) is 7.15. The van der Waals surface area contributed by atoms with Crippen molar-refractivity contribution >= 4 is 11.9 Å². The normalized spacial score (nSPS) is 11.8. The van der Waals surface area contributed by atoms with Gasteiger partial charge >= 0.3 is 5.97 Å². The average molecular weight is 293 g/mol. The van der Waals surface area contributed by atoms with E-state index in [0.717, 1.165) is 16.9 Å². The summed E-state index contributed by atoms with van der Waals surface area (Å²) in [5.41, 5.74) is 2.20. The molecule has 0 aliphatic heterocycles. The van der Waals surface area contributed by atoms with Crippen LogP contribution in [0.15, 0.2) is 18.2 Å². The number of nitrogens with one attached hydrogen (secondary N) is 1. The number of ether oxygens (including phenoxy) is 1. The quantitative estimate of drug-likeness (QED) is 0.772. The number of aryl methyl sites for hydroxylation is 2. The molecular formula is C16H23NO4. The van der Waals surface area contributed by atoms with Crippen LogP contribution < -0.4 is 10.1 Å².